The molecule has 0 unspecified atom stereocenters. The summed E-state index contributed by atoms with van der Waals surface area (Å²) in [7, 11) is 1.82. The lowest BCUT2D eigenvalue weighted by atomic mass is 10.1. The van der Waals surface area contributed by atoms with Crippen molar-refractivity contribution in [1.29, 1.82) is 0 Å². The molecule has 1 fully saturated rings. The number of rotatable bonds is 2. The first kappa shape index (κ1) is 11.4. The van der Waals surface area contributed by atoms with Crippen LogP contribution in [0.15, 0.2) is 18.2 Å². The molecule has 1 N–H and O–H groups in total. The topological polar surface area (TPSA) is 12.0 Å². The van der Waals surface area contributed by atoms with Gasteiger partial charge in [0.1, 0.15) is 11.6 Å². The molecule has 0 aliphatic heterocycles. The predicted octanol–water partition coefficient (Wildman–Crippen LogP) is 2.60. The minimum absolute atomic E-state index is 0. The van der Waals surface area contributed by atoms with Gasteiger partial charge >= 0.3 is 0 Å². The number of nitrogens with one attached hydrogen (secondary N) is 1. The number of halogens is 3. The summed E-state index contributed by atoms with van der Waals surface area (Å²) in [5.74, 6) is -1.01. The van der Waals surface area contributed by atoms with Crippen LogP contribution in [0, 0.1) is 11.6 Å². The number of hydrogen-bond donors (Lipinski definition) is 1. The van der Waals surface area contributed by atoms with Gasteiger partial charge in [-0.1, -0.05) is 0 Å². The average Bonchev–Trinajstić information content (AvgIpc) is 2.82. The van der Waals surface area contributed by atoms with Crippen LogP contribution >= 0.6 is 12.4 Å². The summed E-state index contributed by atoms with van der Waals surface area (Å²) in [5.41, 5.74) is 0.552. The van der Waals surface area contributed by atoms with E-state index >= 15 is 0 Å². The highest BCUT2D eigenvalue weighted by Gasteiger charge is 2.43. The zero-order valence-electron chi connectivity index (χ0n) is 7.81. The van der Waals surface area contributed by atoms with Crippen molar-refractivity contribution >= 4 is 12.4 Å². The minimum atomic E-state index is -0.503. The largest absolute Gasteiger partial charge is 0.310 e. The lowest BCUT2D eigenvalue weighted by Gasteiger charge is -2.14. The van der Waals surface area contributed by atoms with Gasteiger partial charge in [0.05, 0.1) is 0 Å². The Hall–Kier alpha value is -0.670. The normalized spacial score (nSPS) is 17.4. The second kappa shape index (κ2) is 3.83. The maximum atomic E-state index is 12.9. The summed E-state index contributed by atoms with van der Waals surface area (Å²) in [6.07, 6.45) is 1.90. The molecule has 1 aromatic rings. The van der Waals surface area contributed by atoms with Gasteiger partial charge < -0.3 is 5.32 Å². The molecule has 0 aromatic heterocycles. The first-order valence-corrected chi connectivity index (χ1v) is 4.32. The number of benzene rings is 1. The van der Waals surface area contributed by atoms with Crippen LogP contribution in [-0.4, -0.2) is 7.05 Å². The van der Waals surface area contributed by atoms with Gasteiger partial charge in [-0.3, -0.25) is 0 Å². The van der Waals surface area contributed by atoms with Crippen molar-refractivity contribution in [3.05, 3.63) is 35.4 Å². The minimum Gasteiger partial charge on any atom is -0.310 e. The molecule has 1 nitrogen and oxygen atoms in total. The van der Waals surface area contributed by atoms with E-state index in [-0.39, 0.29) is 17.9 Å². The molecule has 0 amide bonds. The molecule has 0 atom stereocenters. The Bertz CT molecular complexity index is 317. The van der Waals surface area contributed by atoms with Crippen molar-refractivity contribution in [3.8, 4) is 0 Å². The molecule has 2 rings (SSSR count). The van der Waals surface area contributed by atoms with Crippen LogP contribution in [-0.2, 0) is 5.54 Å². The summed E-state index contributed by atoms with van der Waals surface area (Å²) in [4.78, 5) is 0. The number of hydrogen-bond acceptors (Lipinski definition) is 1. The SMILES string of the molecule is CNC1(c2cc(F)cc(F)c2)CC1.Cl. The Morgan fingerprint density at radius 2 is 1.64 bits per heavy atom. The molecule has 0 spiro atoms. The van der Waals surface area contributed by atoms with E-state index in [9.17, 15) is 8.78 Å². The molecule has 4 heteroatoms. The molecular weight excluding hydrogens is 208 g/mol. The van der Waals surface area contributed by atoms with E-state index in [1.54, 1.807) is 0 Å². The fourth-order valence-electron chi connectivity index (χ4n) is 1.64. The van der Waals surface area contributed by atoms with Gasteiger partial charge in [-0.2, -0.15) is 0 Å². The van der Waals surface area contributed by atoms with Crippen LogP contribution < -0.4 is 5.32 Å². The summed E-state index contributed by atoms with van der Waals surface area (Å²) in [6.45, 7) is 0. The Morgan fingerprint density at radius 3 is 2.00 bits per heavy atom. The third kappa shape index (κ3) is 1.88. The Morgan fingerprint density at radius 1 is 1.14 bits per heavy atom. The fourth-order valence-corrected chi connectivity index (χ4v) is 1.64. The predicted molar refractivity (Wildman–Crippen MR) is 53.6 cm³/mol. The Kier molecular flexibility index (Phi) is 3.12. The van der Waals surface area contributed by atoms with Gasteiger partial charge in [0.25, 0.3) is 0 Å². The van der Waals surface area contributed by atoms with E-state index in [1.807, 2.05) is 7.05 Å². The van der Waals surface area contributed by atoms with Gasteiger partial charge in [-0.25, -0.2) is 8.78 Å². The van der Waals surface area contributed by atoms with Gasteiger partial charge in [0.2, 0.25) is 0 Å². The zero-order valence-corrected chi connectivity index (χ0v) is 8.63. The van der Waals surface area contributed by atoms with Crippen LogP contribution in [0.1, 0.15) is 18.4 Å². The lowest BCUT2D eigenvalue weighted by molar-refractivity contribution is 0.546. The molecule has 0 saturated heterocycles. The van der Waals surface area contributed by atoms with Gasteiger partial charge in [-0.05, 0) is 37.6 Å². The second-order valence-electron chi connectivity index (χ2n) is 3.49. The molecule has 1 aliphatic rings. The molecule has 1 aromatic carbocycles. The summed E-state index contributed by atoms with van der Waals surface area (Å²) >= 11 is 0. The van der Waals surface area contributed by atoms with Crippen LogP contribution in [0.2, 0.25) is 0 Å². The van der Waals surface area contributed by atoms with Crippen molar-refractivity contribution in [2.45, 2.75) is 18.4 Å². The van der Waals surface area contributed by atoms with E-state index in [0.717, 1.165) is 18.9 Å². The first-order chi connectivity index (χ1) is 6.16. The van der Waals surface area contributed by atoms with Gasteiger partial charge in [0, 0.05) is 11.6 Å². The van der Waals surface area contributed by atoms with Gasteiger partial charge in [-0.15, -0.1) is 12.4 Å². The standard InChI is InChI=1S/C10H11F2N.ClH/c1-13-10(2-3-10)7-4-8(11)6-9(12)5-7;/h4-6,13H,2-3H2,1H3;1H. The highest BCUT2D eigenvalue weighted by molar-refractivity contribution is 5.85. The maximum absolute atomic E-state index is 12.9. The summed E-state index contributed by atoms with van der Waals surface area (Å²) in [6, 6.07) is 3.69. The fraction of sp³-hybridized carbons (Fsp3) is 0.400. The van der Waals surface area contributed by atoms with Crippen LogP contribution in [0.3, 0.4) is 0 Å². The summed E-state index contributed by atoms with van der Waals surface area (Å²) < 4.78 is 25.7. The first-order valence-electron chi connectivity index (χ1n) is 4.32. The van der Waals surface area contributed by atoms with Crippen LogP contribution in [0.5, 0.6) is 0 Å². The highest BCUT2D eigenvalue weighted by Crippen LogP contribution is 2.45. The van der Waals surface area contributed by atoms with Crippen molar-refractivity contribution in [2.75, 3.05) is 7.05 Å². The third-order valence-electron chi connectivity index (χ3n) is 2.64. The molecule has 1 aliphatic carbocycles. The van der Waals surface area contributed by atoms with Crippen molar-refractivity contribution in [2.24, 2.45) is 0 Å². The van der Waals surface area contributed by atoms with E-state index in [1.165, 1.54) is 12.1 Å². The van der Waals surface area contributed by atoms with Crippen LogP contribution in [0.4, 0.5) is 8.78 Å². The second-order valence-corrected chi connectivity index (χ2v) is 3.49. The monoisotopic (exact) mass is 219 g/mol. The molecular formula is C10H12ClF2N. The lowest BCUT2D eigenvalue weighted by Crippen LogP contribution is -2.24. The molecule has 14 heavy (non-hydrogen) atoms. The van der Waals surface area contributed by atoms with E-state index in [0.29, 0.717) is 5.56 Å². The Balaban J connectivity index is 0.000000980. The summed E-state index contributed by atoms with van der Waals surface area (Å²) in [5, 5.41) is 3.09. The van der Waals surface area contributed by atoms with E-state index in [2.05, 4.69) is 5.32 Å². The van der Waals surface area contributed by atoms with Crippen molar-refractivity contribution < 1.29 is 8.78 Å². The highest BCUT2D eigenvalue weighted by atomic mass is 35.5. The van der Waals surface area contributed by atoms with E-state index in [4.69, 9.17) is 0 Å². The molecule has 78 valence electrons. The van der Waals surface area contributed by atoms with E-state index < -0.39 is 11.6 Å². The molecule has 0 heterocycles. The maximum Gasteiger partial charge on any atom is 0.126 e. The molecule has 1 saturated carbocycles. The average molecular weight is 220 g/mol. The Labute approximate surface area is 87.9 Å². The third-order valence-corrected chi connectivity index (χ3v) is 2.64. The van der Waals surface area contributed by atoms with Crippen molar-refractivity contribution in [3.63, 3.8) is 0 Å². The van der Waals surface area contributed by atoms with Gasteiger partial charge in [0.15, 0.2) is 0 Å². The quantitative estimate of drug-likeness (QED) is 0.806. The molecule has 0 radical (unpaired) electrons. The zero-order chi connectivity index (χ0) is 9.47. The van der Waals surface area contributed by atoms with Crippen LogP contribution in [0.25, 0.3) is 0 Å². The smallest absolute Gasteiger partial charge is 0.126 e. The molecule has 0 bridgehead atoms. The van der Waals surface area contributed by atoms with Crippen molar-refractivity contribution in [1.82, 2.24) is 5.32 Å².